The maximum absolute atomic E-state index is 13.3. The number of hydrogen-bond donors (Lipinski definition) is 1. The summed E-state index contributed by atoms with van der Waals surface area (Å²) < 4.78 is 15.1. The van der Waals surface area contributed by atoms with Gasteiger partial charge >= 0.3 is 0 Å². The number of amides is 1. The Balaban J connectivity index is 1.70. The zero-order valence-corrected chi connectivity index (χ0v) is 14.9. The number of imidazole rings is 1. The first kappa shape index (κ1) is 18.5. The quantitative estimate of drug-likeness (QED) is 0.653. The molecule has 2 aromatic carbocycles. The van der Waals surface area contributed by atoms with Crippen molar-refractivity contribution in [1.82, 2.24) is 14.9 Å². The number of benzene rings is 2. The summed E-state index contributed by atoms with van der Waals surface area (Å²) >= 11 is 0. The van der Waals surface area contributed by atoms with Crippen molar-refractivity contribution in [2.24, 2.45) is 7.05 Å². The molecule has 0 radical (unpaired) electrons. The van der Waals surface area contributed by atoms with Crippen LogP contribution >= 0.6 is 0 Å². The van der Waals surface area contributed by atoms with Gasteiger partial charge in [-0.05, 0) is 17.7 Å². The van der Waals surface area contributed by atoms with E-state index in [2.05, 4.69) is 10.3 Å². The van der Waals surface area contributed by atoms with Gasteiger partial charge in [-0.2, -0.15) is 0 Å². The first-order valence-electron chi connectivity index (χ1n) is 8.65. The molecule has 0 aliphatic rings. The second kappa shape index (κ2) is 8.40. The number of hydrogen-bond acceptors (Lipinski definition) is 3. The zero-order chi connectivity index (χ0) is 19.2. The number of nitrogens with zero attached hydrogens (tertiary/aromatic N) is 2. The first-order chi connectivity index (χ1) is 13.0. The van der Waals surface area contributed by atoms with Crippen LogP contribution in [0.2, 0.25) is 0 Å². The highest BCUT2D eigenvalue weighted by molar-refractivity contribution is 5.97. The summed E-state index contributed by atoms with van der Waals surface area (Å²) in [6, 6.07) is 14.3. The Bertz CT molecular complexity index is 920. The molecule has 0 bridgehead atoms. The van der Waals surface area contributed by atoms with E-state index in [4.69, 9.17) is 0 Å². The van der Waals surface area contributed by atoms with Gasteiger partial charge in [-0.25, -0.2) is 9.37 Å². The van der Waals surface area contributed by atoms with Crippen molar-refractivity contribution in [3.05, 3.63) is 89.8 Å². The Morgan fingerprint density at radius 3 is 2.41 bits per heavy atom. The highest BCUT2D eigenvalue weighted by atomic mass is 19.1. The van der Waals surface area contributed by atoms with E-state index in [1.807, 2.05) is 13.1 Å². The second-order valence-electron chi connectivity index (χ2n) is 6.24. The molecule has 5 nitrogen and oxygen atoms in total. The number of halogens is 1. The number of aryl methyl sites for hydroxylation is 1. The lowest BCUT2D eigenvalue weighted by atomic mass is 10.0. The SMILES string of the molecule is Cn1ccnc1C(NC(=O)CCC(=O)c1ccccc1)c1ccc(F)cc1. The average molecular weight is 365 g/mol. The molecule has 3 rings (SSSR count). The van der Waals surface area contributed by atoms with Gasteiger partial charge in [0.25, 0.3) is 0 Å². The molecular formula is C21H20FN3O2. The fourth-order valence-electron chi connectivity index (χ4n) is 2.84. The molecule has 1 heterocycles. The van der Waals surface area contributed by atoms with Crippen molar-refractivity contribution in [3.8, 4) is 0 Å². The molecule has 0 fully saturated rings. The van der Waals surface area contributed by atoms with Crippen LogP contribution in [0.1, 0.15) is 40.6 Å². The predicted molar refractivity (Wildman–Crippen MR) is 99.6 cm³/mol. The van der Waals surface area contributed by atoms with Crippen LogP contribution in [0.3, 0.4) is 0 Å². The molecule has 1 unspecified atom stereocenters. The van der Waals surface area contributed by atoms with Crippen molar-refractivity contribution in [2.75, 3.05) is 0 Å². The minimum Gasteiger partial charge on any atom is -0.342 e. The molecule has 0 saturated heterocycles. The Labute approximate surface area is 156 Å². The van der Waals surface area contributed by atoms with Gasteiger partial charge in [0.1, 0.15) is 17.7 Å². The standard InChI is InChI=1S/C21H20FN3O2/c1-25-14-13-23-21(25)20(16-7-9-17(22)10-8-16)24-19(27)12-11-18(26)15-5-3-2-4-6-15/h2-10,13-14,20H,11-12H2,1H3,(H,24,27). The molecule has 0 aliphatic carbocycles. The molecule has 1 amide bonds. The van der Waals surface area contributed by atoms with E-state index in [0.717, 1.165) is 0 Å². The van der Waals surface area contributed by atoms with Gasteiger partial charge < -0.3 is 9.88 Å². The fourth-order valence-corrected chi connectivity index (χ4v) is 2.84. The lowest BCUT2D eigenvalue weighted by Crippen LogP contribution is -2.31. The molecule has 0 spiro atoms. The number of ketones is 1. The minimum absolute atomic E-state index is 0.0653. The molecule has 3 aromatic rings. The van der Waals surface area contributed by atoms with Crippen LogP contribution in [0.25, 0.3) is 0 Å². The van der Waals surface area contributed by atoms with E-state index in [-0.39, 0.29) is 30.3 Å². The number of carbonyl (C=O) groups excluding carboxylic acids is 2. The lowest BCUT2D eigenvalue weighted by Gasteiger charge is -2.19. The van der Waals surface area contributed by atoms with Gasteiger partial charge in [-0.15, -0.1) is 0 Å². The van der Waals surface area contributed by atoms with Gasteiger partial charge in [0.05, 0.1) is 0 Å². The molecule has 27 heavy (non-hydrogen) atoms. The van der Waals surface area contributed by atoms with Crippen molar-refractivity contribution >= 4 is 11.7 Å². The van der Waals surface area contributed by atoms with Crippen LogP contribution in [-0.2, 0) is 11.8 Å². The van der Waals surface area contributed by atoms with Crippen LogP contribution in [0, 0.1) is 5.82 Å². The molecule has 6 heteroatoms. The number of aromatic nitrogens is 2. The van der Waals surface area contributed by atoms with Crippen LogP contribution in [0.5, 0.6) is 0 Å². The van der Waals surface area contributed by atoms with Gasteiger partial charge in [0, 0.05) is 37.8 Å². The van der Waals surface area contributed by atoms with Crippen molar-refractivity contribution in [3.63, 3.8) is 0 Å². The van der Waals surface area contributed by atoms with Crippen LogP contribution in [0.15, 0.2) is 67.0 Å². The summed E-state index contributed by atoms with van der Waals surface area (Å²) in [5, 5.41) is 2.91. The van der Waals surface area contributed by atoms with E-state index < -0.39 is 6.04 Å². The third-order valence-electron chi connectivity index (χ3n) is 4.30. The van der Waals surface area contributed by atoms with Crippen molar-refractivity contribution < 1.29 is 14.0 Å². The van der Waals surface area contributed by atoms with Crippen LogP contribution < -0.4 is 5.32 Å². The van der Waals surface area contributed by atoms with Crippen LogP contribution in [0.4, 0.5) is 4.39 Å². The van der Waals surface area contributed by atoms with E-state index in [1.54, 1.807) is 53.4 Å². The molecule has 1 N–H and O–H groups in total. The van der Waals surface area contributed by atoms with Crippen LogP contribution in [-0.4, -0.2) is 21.2 Å². The molecular weight excluding hydrogens is 345 g/mol. The predicted octanol–water partition coefficient (Wildman–Crippen LogP) is 3.43. The normalized spacial score (nSPS) is 11.8. The summed E-state index contributed by atoms with van der Waals surface area (Å²) in [5.41, 5.74) is 1.30. The Hall–Kier alpha value is -3.28. The average Bonchev–Trinajstić information content (AvgIpc) is 3.11. The monoisotopic (exact) mass is 365 g/mol. The Kier molecular flexibility index (Phi) is 5.76. The summed E-state index contributed by atoms with van der Waals surface area (Å²) in [6.07, 6.45) is 3.59. The Morgan fingerprint density at radius 2 is 1.78 bits per heavy atom. The molecule has 138 valence electrons. The van der Waals surface area contributed by atoms with Gasteiger partial charge in [0.2, 0.25) is 5.91 Å². The molecule has 0 aliphatic heterocycles. The third kappa shape index (κ3) is 4.67. The summed E-state index contributed by atoms with van der Waals surface area (Å²) in [5.74, 6) is -0.0702. The van der Waals surface area contributed by atoms with E-state index >= 15 is 0 Å². The highest BCUT2D eigenvalue weighted by Crippen LogP contribution is 2.21. The molecule has 1 aromatic heterocycles. The third-order valence-corrected chi connectivity index (χ3v) is 4.30. The topological polar surface area (TPSA) is 64.0 Å². The molecule has 1 atom stereocenters. The summed E-state index contributed by atoms with van der Waals surface area (Å²) in [4.78, 5) is 28.9. The fraction of sp³-hybridized carbons (Fsp3) is 0.190. The number of rotatable bonds is 7. The van der Waals surface area contributed by atoms with Gasteiger partial charge in [0.15, 0.2) is 5.78 Å². The van der Waals surface area contributed by atoms with Crippen molar-refractivity contribution in [2.45, 2.75) is 18.9 Å². The Morgan fingerprint density at radius 1 is 1.07 bits per heavy atom. The largest absolute Gasteiger partial charge is 0.342 e. The maximum atomic E-state index is 13.3. The van der Waals surface area contributed by atoms with E-state index in [0.29, 0.717) is 17.0 Å². The first-order valence-corrected chi connectivity index (χ1v) is 8.65. The van der Waals surface area contributed by atoms with Gasteiger partial charge in [-0.1, -0.05) is 42.5 Å². The zero-order valence-electron chi connectivity index (χ0n) is 14.9. The van der Waals surface area contributed by atoms with E-state index in [9.17, 15) is 14.0 Å². The minimum atomic E-state index is -0.523. The van der Waals surface area contributed by atoms with E-state index in [1.165, 1.54) is 12.1 Å². The summed E-state index contributed by atoms with van der Waals surface area (Å²) in [7, 11) is 1.82. The maximum Gasteiger partial charge on any atom is 0.221 e. The number of carbonyl (C=O) groups is 2. The van der Waals surface area contributed by atoms with Gasteiger partial charge in [-0.3, -0.25) is 9.59 Å². The summed E-state index contributed by atoms with van der Waals surface area (Å²) in [6.45, 7) is 0. The number of nitrogens with one attached hydrogen (secondary N) is 1. The number of Topliss-reactive ketones (excluding diaryl/α,β-unsaturated/α-hetero) is 1. The highest BCUT2D eigenvalue weighted by Gasteiger charge is 2.21. The molecule has 0 saturated carbocycles. The smallest absolute Gasteiger partial charge is 0.221 e. The van der Waals surface area contributed by atoms with Crippen molar-refractivity contribution in [1.29, 1.82) is 0 Å². The lowest BCUT2D eigenvalue weighted by molar-refractivity contribution is -0.121. The second-order valence-corrected chi connectivity index (χ2v) is 6.24.